The van der Waals surface area contributed by atoms with Crippen LogP contribution in [0.25, 0.3) is 55.6 Å². The normalized spacial score (nSPS) is 12.3. The molecule has 0 amide bonds. The first kappa shape index (κ1) is 35.3. The maximum absolute atomic E-state index is 8.72. The maximum Gasteiger partial charge on any atom is 0.120 e. The molecule has 3 heterocycles. The van der Waals surface area contributed by atoms with Crippen molar-refractivity contribution in [2.75, 3.05) is 0 Å². The first-order valence-corrected chi connectivity index (χ1v) is 24.7. The van der Waals surface area contributed by atoms with Gasteiger partial charge in [-0.1, -0.05) is 141 Å². The van der Waals surface area contributed by atoms with Crippen LogP contribution in [0.3, 0.4) is 0 Å². The zero-order valence-electron chi connectivity index (χ0n) is 33.0. The molecule has 3 nitrogen and oxygen atoms in total. The minimum atomic E-state index is -1.60. The van der Waals surface area contributed by atoms with Crippen molar-refractivity contribution in [3.8, 4) is 33.6 Å². The third kappa shape index (κ3) is 8.92. The standard InChI is InChI=1S/C27H24NOSi.C20H20NSi.Ir/c1-30(2,3)21-13-14-25(28-18-21)23-11-7-10-22-24-17-20(12-15-26(24)29-27(22)23)16-19-8-5-4-6-9-19;1-22(2,3)19-12-13-20(21-15-19)18-11-7-10-17(14-18)16-8-5-4-6-9-16;/h4-10,12-15,17-18H,16H2,1-3H3;4-10,12-15H,1-3H3;/q2*-1;/i16D2;;. The monoisotopic (exact) mass is 903 g/mol. The molecule has 0 bridgehead atoms. The quantitative estimate of drug-likeness (QED) is 0.118. The second-order valence-corrected chi connectivity index (χ2v) is 25.3. The number of pyridine rings is 2. The van der Waals surface area contributed by atoms with Gasteiger partial charge < -0.3 is 14.4 Å². The van der Waals surface area contributed by atoms with Crippen molar-refractivity contribution in [3.63, 3.8) is 0 Å². The molecule has 0 N–H and O–H groups in total. The molecule has 0 saturated heterocycles. The SMILES string of the molecule is C[Si](C)(C)c1ccc(-c2[c-]ccc(-c3ccccc3)c2)nc1.[2H]C([2H])(c1ccccc1)c1ccc2oc3c(-c4ccc([Si](C)(C)C)cn4)[c-]ccc3c2c1.[Ir]. The molecule has 8 rings (SSSR count). The molecule has 0 unspecified atom stereocenters. The molecule has 0 saturated carbocycles. The van der Waals surface area contributed by atoms with Crippen LogP contribution in [0.5, 0.6) is 0 Å². The topological polar surface area (TPSA) is 38.9 Å². The predicted molar refractivity (Wildman–Crippen MR) is 225 cm³/mol. The smallest absolute Gasteiger partial charge is 0.120 e. The van der Waals surface area contributed by atoms with Crippen LogP contribution in [-0.4, -0.2) is 26.1 Å². The fourth-order valence-corrected chi connectivity index (χ4v) is 8.18. The van der Waals surface area contributed by atoms with Gasteiger partial charge in [-0.2, -0.15) is 0 Å². The van der Waals surface area contributed by atoms with Crippen LogP contribution in [0.1, 0.15) is 13.9 Å². The van der Waals surface area contributed by atoms with E-state index >= 15 is 0 Å². The Morgan fingerprint density at radius 2 is 1.21 bits per heavy atom. The number of benzene rings is 5. The minimum Gasteiger partial charge on any atom is -0.501 e. The summed E-state index contributed by atoms with van der Waals surface area (Å²) in [6.45, 7) is 13.9. The number of rotatable bonds is 7. The summed E-state index contributed by atoms with van der Waals surface area (Å²) in [6, 6.07) is 50.5. The largest absolute Gasteiger partial charge is 0.501 e. The van der Waals surface area contributed by atoms with E-state index in [1.165, 1.54) is 21.5 Å². The summed E-state index contributed by atoms with van der Waals surface area (Å²) in [5.41, 5.74) is 8.80. The molecular formula is C47H44IrN2OSi2-2. The van der Waals surface area contributed by atoms with Gasteiger partial charge in [0.2, 0.25) is 0 Å². The van der Waals surface area contributed by atoms with E-state index < -0.39 is 22.5 Å². The summed E-state index contributed by atoms with van der Waals surface area (Å²) >= 11 is 0. The van der Waals surface area contributed by atoms with E-state index in [9.17, 15) is 0 Å². The van der Waals surface area contributed by atoms with Crippen molar-refractivity contribution >= 4 is 48.5 Å². The van der Waals surface area contributed by atoms with Crippen molar-refractivity contribution in [1.82, 2.24) is 9.97 Å². The van der Waals surface area contributed by atoms with E-state index in [2.05, 4.69) is 111 Å². The molecule has 0 aliphatic heterocycles. The number of hydrogen-bond donors (Lipinski definition) is 0. The Morgan fingerprint density at radius 3 is 1.83 bits per heavy atom. The number of nitrogens with zero attached hydrogens (tertiary/aromatic N) is 2. The van der Waals surface area contributed by atoms with Crippen LogP contribution < -0.4 is 10.4 Å². The van der Waals surface area contributed by atoms with Crippen LogP contribution in [0, 0.1) is 12.1 Å². The van der Waals surface area contributed by atoms with Crippen molar-refractivity contribution in [3.05, 3.63) is 169 Å². The molecule has 0 aliphatic carbocycles. The van der Waals surface area contributed by atoms with E-state index in [-0.39, 0.29) is 20.1 Å². The van der Waals surface area contributed by atoms with Crippen LogP contribution in [-0.2, 0) is 26.5 Å². The molecule has 0 spiro atoms. The molecule has 6 heteroatoms. The van der Waals surface area contributed by atoms with Crippen LogP contribution in [0.4, 0.5) is 0 Å². The fourth-order valence-electron chi connectivity index (χ4n) is 6.10. The van der Waals surface area contributed by atoms with Gasteiger partial charge in [0.05, 0.1) is 21.7 Å². The van der Waals surface area contributed by atoms with Crippen LogP contribution in [0.15, 0.2) is 150 Å². The number of hydrogen-bond acceptors (Lipinski definition) is 3. The van der Waals surface area contributed by atoms with Gasteiger partial charge in [-0.3, -0.25) is 0 Å². The molecule has 5 aromatic carbocycles. The van der Waals surface area contributed by atoms with E-state index in [1.54, 1.807) is 0 Å². The van der Waals surface area contributed by atoms with Gasteiger partial charge in [-0.05, 0) is 57.0 Å². The van der Waals surface area contributed by atoms with Crippen LogP contribution >= 0.6 is 0 Å². The average Bonchev–Trinajstić information content (AvgIpc) is 3.57. The first-order chi connectivity index (χ1) is 25.8. The Hall–Kier alpha value is -4.72. The summed E-state index contributed by atoms with van der Waals surface area (Å²) in [7, 11) is -2.71. The number of fused-ring (bicyclic) bond motifs is 3. The van der Waals surface area contributed by atoms with E-state index in [0.717, 1.165) is 44.5 Å². The minimum absolute atomic E-state index is 0. The predicted octanol–water partition coefficient (Wildman–Crippen LogP) is 11.3. The first-order valence-electron chi connectivity index (χ1n) is 18.7. The summed E-state index contributed by atoms with van der Waals surface area (Å²) < 4.78 is 23.7. The Bertz CT molecular complexity index is 2530. The van der Waals surface area contributed by atoms with Gasteiger partial charge in [0.1, 0.15) is 5.58 Å². The zero-order valence-corrected chi connectivity index (χ0v) is 35.4. The van der Waals surface area contributed by atoms with Crippen molar-refractivity contribution in [1.29, 1.82) is 0 Å². The number of aromatic nitrogens is 2. The molecule has 0 atom stereocenters. The van der Waals surface area contributed by atoms with E-state index in [4.69, 9.17) is 12.1 Å². The molecular weight excluding hydrogens is 857 g/mol. The third-order valence-corrected chi connectivity index (χ3v) is 13.2. The molecule has 8 aromatic rings. The molecule has 1 radical (unpaired) electrons. The Kier molecular flexibility index (Phi) is 10.7. The molecule has 267 valence electrons. The van der Waals surface area contributed by atoms with Crippen molar-refractivity contribution in [2.45, 2.75) is 45.7 Å². The number of furan rings is 1. The molecule has 3 aromatic heterocycles. The Morgan fingerprint density at radius 1 is 0.585 bits per heavy atom. The maximum atomic E-state index is 8.72. The van der Waals surface area contributed by atoms with Gasteiger partial charge in [0.15, 0.2) is 0 Å². The van der Waals surface area contributed by atoms with Gasteiger partial charge in [0.25, 0.3) is 0 Å². The molecule has 0 fully saturated rings. The van der Waals surface area contributed by atoms with Gasteiger partial charge >= 0.3 is 0 Å². The van der Waals surface area contributed by atoms with Crippen LogP contribution in [0.2, 0.25) is 39.3 Å². The Labute approximate surface area is 332 Å². The van der Waals surface area contributed by atoms with Gasteiger partial charge in [-0.25, -0.2) is 0 Å². The summed E-state index contributed by atoms with van der Waals surface area (Å²) in [4.78, 5) is 9.37. The second kappa shape index (κ2) is 16.1. The Balaban J connectivity index is 0.000000196. The van der Waals surface area contributed by atoms with E-state index in [0.29, 0.717) is 11.1 Å². The van der Waals surface area contributed by atoms with Gasteiger partial charge in [-0.15, -0.1) is 53.6 Å². The average molecular weight is 903 g/mol. The summed E-state index contributed by atoms with van der Waals surface area (Å²) in [5, 5.41) is 4.53. The molecule has 53 heavy (non-hydrogen) atoms. The second-order valence-electron chi connectivity index (χ2n) is 15.1. The zero-order chi connectivity index (χ0) is 38.1. The third-order valence-electron chi connectivity index (χ3n) is 9.19. The fraction of sp³-hybridized carbons (Fsp3) is 0.149. The van der Waals surface area contributed by atoms with Crippen molar-refractivity contribution < 1.29 is 27.3 Å². The van der Waals surface area contributed by atoms with Gasteiger partial charge in [0, 0.05) is 40.6 Å². The van der Waals surface area contributed by atoms with E-state index in [1.807, 2.05) is 91.3 Å². The molecule has 0 aliphatic rings. The summed E-state index contributed by atoms with van der Waals surface area (Å²) in [6.07, 6.45) is 2.41. The summed E-state index contributed by atoms with van der Waals surface area (Å²) in [5.74, 6) is 0. The van der Waals surface area contributed by atoms with Crippen molar-refractivity contribution in [2.24, 2.45) is 0 Å².